The number of rotatable bonds is 4. The van der Waals surface area contributed by atoms with E-state index in [2.05, 4.69) is 0 Å². The number of carboxylic acid groups (broad SMARTS) is 1. The largest absolute Gasteiger partial charge is 0.481 e. The lowest BCUT2D eigenvalue weighted by Crippen LogP contribution is -2.23. The van der Waals surface area contributed by atoms with Gasteiger partial charge in [0.15, 0.2) is 0 Å². The van der Waals surface area contributed by atoms with E-state index in [1.807, 2.05) is 0 Å². The number of carbonyl (C=O) groups is 1. The van der Waals surface area contributed by atoms with Gasteiger partial charge in [0.25, 0.3) is 0 Å². The second kappa shape index (κ2) is 3.90. The molecule has 0 atom stereocenters. The maximum Gasteiger partial charge on any atom is 0.303 e. The van der Waals surface area contributed by atoms with E-state index in [9.17, 15) is 9.90 Å². The van der Waals surface area contributed by atoms with Gasteiger partial charge in [0.2, 0.25) is 0 Å². The molecule has 0 unspecified atom stereocenters. The zero-order valence-electron chi connectivity index (χ0n) is 7.25. The van der Waals surface area contributed by atoms with Crippen molar-refractivity contribution in [3.05, 3.63) is 0 Å². The van der Waals surface area contributed by atoms with Crippen LogP contribution in [0.25, 0.3) is 0 Å². The first kappa shape index (κ1) is 9.52. The van der Waals surface area contributed by atoms with Crippen LogP contribution in [0.5, 0.6) is 0 Å². The lowest BCUT2D eigenvalue weighted by molar-refractivity contribution is -0.137. The molecule has 2 N–H and O–H groups in total. The Bertz CT molecular complexity index is 159. The fraction of sp³-hybridized carbons (Fsp3) is 0.889. The molecule has 1 saturated carbocycles. The van der Waals surface area contributed by atoms with Crippen LogP contribution in [0.15, 0.2) is 0 Å². The molecule has 0 spiro atoms. The molecule has 70 valence electrons. The topological polar surface area (TPSA) is 57.5 Å². The minimum Gasteiger partial charge on any atom is -0.481 e. The Hall–Kier alpha value is -0.570. The molecule has 0 aromatic heterocycles. The zero-order valence-corrected chi connectivity index (χ0v) is 7.25. The van der Waals surface area contributed by atoms with Crippen molar-refractivity contribution in [1.82, 2.24) is 0 Å². The summed E-state index contributed by atoms with van der Waals surface area (Å²) < 4.78 is 0. The third-order valence-electron chi connectivity index (χ3n) is 2.57. The van der Waals surface area contributed by atoms with Gasteiger partial charge in [-0.15, -0.1) is 0 Å². The summed E-state index contributed by atoms with van der Waals surface area (Å²) in [6.45, 7) is 0. The first-order valence-corrected chi connectivity index (χ1v) is 4.57. The third-order valence-corrected chi connectivity index (χ3v) is 2.57. The SMILES string of the molecule is O=C(O)CCCC1(O)CCCC1. The number of hydrogen-bond donors (Lipinski definition) is 2. The molecular weight excluding hydrogens is 156 g/mol. The fourth-order valence-electron chi connectivity index (χ4n) is 1.85. The van der Waals surface area contributed by atoms with Gasteiger partial charge >= 0.3 is 5.97 Å². The molecule has 0 aliphatic heterocycles. The number of hydrogen-bond acceptors (Lipinski definition) is 2. The predicted molar refractivity (Wildman–Crippen MR) is 44.9 cm³/mol. The Morgan fingerprint density at radius 2 is 1.92 bits per heavy atom. The van der Waals surface area contributed by atoms with Crippen molar-refractivity contribution in [3.8, 4) is 0 Å². The lowest BCUT2D eigenvalue weighted by Gasteiger charge is -2.20. The molecule has 12 heavy (non-hydrogen) atoms. The minimum absolute atomic E-state index is 0.183. The second-order valence-electron chi connectivity index (χ2n) is 3.68. The molecule has 0 bridgehead atoms. The normalized spacial score (nSPS) is 21.1. The lowest BCUT2D eigenvalue weighted by atomic mass is 9.95. The highest BCUT2D eigenvalue weighted by molar-refractivity contribution is 5.66. The van der Waals surface area contributed by atoms with Gasteiger partial charge in [-0.05, 0) is 25.7 Å². The monoisotopic (exact) mass is 172 g/mol. The summed E-state index contributed by atoms with van der Waals surface area (Å²) in [5.41, 5.74) is -0.532. The van der Waals surface area contributed by atoms with E-state index in [0.29, 0.717) is 12.8 Å². The van der Waals surface area contributed by atoms with Crippen LogP contribution >= 0.6 is 0 Å². The molecule has 0 heterocycles. The quantitative estimate of drug-likeness (QED) is 0.676. The third kappa shape index (κ3) is 2.81. The summed E-state index contributed by atoms with van der Waals surface area (Å²) in [7, 11) is 0. The molecule has 1 aliphatic carbocycles. The number of carboxylic acids is 1. The van der Waals surface area contributed by atoms with E-state index in [1.165, 1.54) is 0 Å². The van der Waals surface area contributed by atoms with Crippen molar-refractivity contribution in [2.75, 3.05) is 0 Å². The molecule has 0 aromatic carbocycles. The van der Waals surface area contributed by atoms with E-state index in [4.69, 9.17) is 5.11 Å². The minimum atomic E-state index is -0.767. The molecule has 1 aliphatic rings. The highest BCUT2D eigenvalue weighted by Crippen LogP contribution is 2.33. The maximum atomic E-state index is 10.2. The highest BCUT2D eigenvalue weighted by Gasteiger charge is 2.30. The van der Waals surface area contributed by atoms with Gasteiger partial charge in [0.1, 0.15) is 0 Å². The van der Waals surface area contributed by atoms with E-state index in [-0.39, 0.29) is 6.42 Å². The Balaban J connectivity index is 2.17. The van der Waals surface area contributed by atoms with Crippen molar-refractivity contribution in [3.63, 3.8) is 0 Å². The predicted octanol–water partition coefficient (Wildman–Crippen LogP) is 1.55. The Morgan fingerprint density at radius 3 is 2.42 bits per heavy atom. The fourth-order valence-corrected chi connectivity index (χ4v) is 1.85. The van der Waals surface area contributed by atoms with E-state index >= 15 is 0 Å². The average molecular weight is 172 g/mol. The average Bonchev–Trinajstić information content (AvgIpc) is 2.35. The van der Waals surface area contributed by atoms with Gasteiger partial charge in [-0.25, -0.2) is 0 Å². The van der Waals surface area contributed by atoms with Crippen LogP contribution in [0, 0.1) is 0 Å². The van der Waals surface area contributed by atoms with Crippen LogP contribution in [0.2, 0.25) is 0 Å². The van der Waals surface area contributed by atoms with Crippen LogP contribution in [-0.4, -0.2) is 21.8 Å². The zero-order chi connectivity index (χ0) is 9.03. The Kier molecular flexibility index (Phi) is 3.09. The van der Waals surface area contributed by atoms with Crippen LogP contribution < -0.4 is 0 Å². The van der Waals surface area contributed by atoms with Crippen LogP contribution in [0.3, 0.4) is 0 Å². The molecule has 3 heteroatoms. The van der Waals surface area contributed by atoms with Crippen molar-refractivity contribution >= 4 is 5.97 Å². The molecule has 0 saturated heterocycles. The molecule has 0 radical (unpaired) electrons. The van der Waals surface area contributed by atoms with Gasteiger partial charge < -0.3 is 10.2 Å². The molecule has 1 fully saturated rings. The van der Waals surface area contributed by atoms with E-state index in [0.717, 1.165) is 25.7 Å². The van der Waals surface area contributed by atoms with Gasteiger partial charge in [-0.3, -0.25) is 4.79 Å². The Labute approximate surface area is 72.4 Å². The molecule has 3 nitrogen and oxygen atoms in total. The van der Waals surface area contributed by atoms with E-state index in [1.54, 1.807) is 0 Å². The first-order valence-electron chi connectivity index (χ1n) is 4.57. The number of aliphatic carboxylic acids is 1. The van der Waals surface area contributed by atoms with Crippen molar-refractivity contribution < 1.29 is 15.0 Å². The summed E-state index contributed by atoms with van der Waals surface area (Å²) >= 11 is 0. The summed E-state index contributed by atoms with van der Waals surface area (Å²) in [4.78, 5) is 10.2. The maximum absolute atomic E-state index is 10.2. The highest BCUT2D eigenvalue weighted by atomic mass is 16.4. The van der Waals surface area contributed by atoms with Crippen molar-refractivity contribution in [2.45, 2.75) is 50.5 Å². The van der Waals surface area contributed by atoms with Crippen LogP contribution in [0.4, 0.5) is 0 Å². The summed E-state index contributed by atoms with van der Waals surface area (Å²) in [5.74, 6) is -0.767. The Morgan fingerprint density at radius 1 is 1.33 bits per heavy atom. The summed E-state index contributed by atoms with van der Waals surface area (Å²) in [5, 5.41) is 18.2. The van der Waals surface area contributed by atoms with Gasteiger partial charge in [0, 0.05) is 6.42 Å². The van der Waals surface area contributed by atoms with E-state index < -0.39 is 11.6 Å². The molecular formula is C9H16O3. The summed E-state index contributed by atoms with van der Waals surface area (Å²) in [6, 6.07) is 0. The molecule has 1 rings (SSSR count). The van der Waals surface area contributed by atoms with Gasteiger partial charge in [-0.1, -0.05) is 12.8 Å². The standard InChI is InChI=1S/C9H16O3/c10-8(11)4-3-7-9(12)5-1-2-6-9/h12H,1-7H2,(H,10,11). The van der Waals surface area contributed by atoms with Crippen molar-refractivity contribution in [2.24, 2.45) is 0 Å². The van der Waals surface area contributed by atoms with Crippen LogP contribution in [0.1, 0.15) is 44.9 Å². The van der Waals surface area contributed by atoms with Crippen LogP contribution in [-0.2, 0) is 4.79 Å². The number of aliphatic hydroxyl groups is 1. The first-order chi connectivity index (χ1) is 5.62. The second-order valence-corrected chi connectivity index (χ2v) is 3.68. The van der Waals surface area contributed by atoms with Gasteiger partial charge in [-0.2, -0.15) is 0 Å². The van der Waals surface area contributed by atoms with Gasteiger partial charge in [0.05, 0.1) is 5.60 Å². The van der Waals surface area contributed by atoms with Crippen molar-refractivity contribution in [1.29, 1.82) is 0 Å². The molecule has 0 amide bonds. The smallest absolute Gasteiger partial charge is 0.303 e. The molecule has 0 aromatic rings. The summed E-state index contributed by atoms with van der Waals surface area (Å²) in [6.07, 6.45) is 5.32.